The number of hydrogen-bond acceptors (Lipinski definition) is 7. The molecule has 2 aromatic carbocycles. The van der Waals surface area contributed by atoms with Crippen LogP contribution in [0.3, 0.4) is 0 Å². The number of fused-ring (bicyclic) bond motifs is 6. The van der Waals surface area contributed by atoms with Crippen LogP contribution in [0.4, 0.5) is 33.5 Å². The smallest absolute Gasteiger partial charge is 0.417 e. The normalized spacial score (nSPS) is 28.9. The van der Waals surface area contributed by atoms with Crippen molar-refractivity contribution in [3.05, 3.63) is 46.2 Å². The molecular formula is C33H34ClF5N6O. The number of benzene rings is 2. The maximum atomic E-state index is 17.0. The summed E-state index contributed by atoms with van der Waals surface area (Å²) in [4.78, 5) is 13.6. The van der Waals surface area contributed by atoms with E-state index in [9.17, 15) is 17.6 Å². The molecule has 46 heavy (non-hydrogen) atoms. The van der Waals surface area contributed by atoms with E-state index in [0.717, 1.165) is 38.3 Å². The summed E-state index contributed by atoms with van der Waals surface area (Å²) in [5.41, 5.74) is 4.14. The van der Waals surface area contributed by atoms with E-state index in [1.165, 1.54) is 13.0 Å². The highest BCUT2D eigenvalue weighted by atomic mass is 35.5. The number of halogens is 6. The first-order valence-electron chi connectivity index (χ1n) is 15.8. The average Bonchev–Trinajstić information content (AvgIpc) is 3.61. The van der Waals surface area contributed by atoms with E-state index in [-0.39, 0.29) is 52.5 Å². The maximum absolute atomic E-state index is 17.0. The van der Waals surface area contributed by atoms with Gasteiger partial charge in [-0.15, -0.1) is 0 Å². The van der Waals surface area contributed by atoms with Crippen molar-refractivity contribution >= 4 is 39.6 Å². The Morgan fingerprint density at radius 2 is 2.00 bits per heavy atom. The van der Waals surface area contributed by atoms with Gasteiger partial charge in [0, 0.05) is 60.0 Å². The molecule has 0 saturated carbocycles. The van der Waals surface area contributed by atoms with Crippen molar-refractivity contribution in [2.24, 2.45) is 0 Å². The minimum Gasteiger partial charge on any atom is -0.461 e. The van der Waals surface area contributed by atoms with E-state index in [0.29, 0.717) is 48.3 Å². The Labute approximate surface area is 267 Å². The number of nitrogens with one attached hydrogen (secondary N) is 1. The summed E-state index contributed by atoms with van der Waals surface area (Å²) < 4.78 is 81.4. The first-order valence-corrected chi connectivity index (χ1v) is 16.2. The molecule has 0 spiro atoms. The number of nitrogen functional groups attached to an aromatic ring is 1. The Kier molecular flexibility index (Phi) is 6.81. The summed E-state index contributed by atoms with van der Waals surface area (Å²) in [7, 11) is 0. The highest BCUT2D eigenvalue weighted by Crippen LogP contribution is 2.52. The second-order valence-corrected chi connectivity index (χ2v) is 14.0. The molecule has 1 unspecified atom stereocenters. The Bertz CT molecular complexity index is 1800. The number of aryl methyl sites for hydroxylation is 1. The molecule has 0 radical (unpaired) electrons. The molecule has 3 aromatic rings. The monoisotopic (exact) mass is 660 g/mol. The second kappa shape index (κ2) is 10.4. The van der Waals surface area contributed by atoms with E-state index < -0.39 is 40.4 Å². The van der Waals surface area contributed by atoms with Gasteiger partial charge in [0.15, 0.2) is 5.82 Å². The molecule has 244 valence electrons. The molecule has 3 N–H and O–H groups in total. The molecule has 4 fully saturated rings. The first kappa shape index (κ1) is 30.1. The Morgan fingerprint density at radius 3 is 2.78 bits per heavy atom. The number of alkyl halides is 4. The molecule has 1 aromatic heterocycles. The Balaban J connectivity index is 1.36. The van der Waals surface area contributed by atoms with Crippen molar-refractivity contribution in [2.75, 3.05) is 36.9 Å². The molecular weight excluding hydrogens is 627 g/mol. The van der Waals surface area contributed by atoms with Crippen LogP contribution in [0.1, 0.15) is 55.2 Å². The Hall–Kier alpha value is -3.22. The van der Waals surface area contributed by atoms with E-state index in [1.54, 1.807) is 0 Å². The number of nitrogens with zero attached hydrogens (tertiary/aromatic N) is 4. The number of aromatic nitrogens is 2. The third kappa shape index (κ3) is 4.50. The van der Waals surface area contributed by atoms with Crippen LogP contribution in [0.2, 0.25) is 5.02 Å². The van der Waals surface area contributed by atoms with Gasteiger partial charge in [0.1, 0.15) is 24.1 Å². The number of rotatable bonds is 4. The maximum Gasteiger partial charge on any atom is 0.417 e. The van der Waals surface area contributed by atoms with Gasteiger partial charge >= 0.3 is 12.2 Å². The van der Waals surface area contributed by atoms with Gasteiger partial charge in [0.25, 0.3) is 0 Å². The zero-order valence-electron chi connectivity index (χ0n) is 25.3. The molecule has 0 aliphatic carbocycles. The van der Waals surface area contributed by atoms with Gasteiger partial charge in [-0.25, -0.2) is 8.78 Å². The van der Waals surface area contributed by atoms with E-state index in [4.69, 9.17) is 27.1 Å². The van der Waals surface area contributed by atoms with Crippen LogP contribution in [0.5, 0.6) is 6.01 Å². The molecule has 4 saturated heterocycles. The Morgan fingerprint density at radius 1 is 1.20 bits per heavy atom. The number of piperazine rings is 1. The SMILES string of the molecule is C=C1C[C@@H]2C3CC[C@H](CN2c2nc(OC[C@@]45CCCN4C[C@H](F)C5)nc4c(F)c(-c5cc(N)cc(C)c5C(F)(F)F)c(Cl)c1c24)N3. The molecule has 2 bridgehead atoms. The summed E-state index contributed by atoms with van der Waals surface area (Å²) in [5.74, 6) is -0.609. The minimum absolute atomic E-state index is 0.0375. The predicted octanol–water partition coefficient (Wildman–Crippen LogP) is 6.68. The van der Waals surface area contributed by atoms with Gasteiger partial charge in [0.2, 0.25) is 0 Å². The second-order valence-electron chi connectivity index (χ2n) is 13.6. The zero-order chi connectivity index (χ0) is 32.3. The first-order chi connectivity index (χ1) is 21.8. The van der Waals surface area contributed by atoms with Crippen molar-refractivity contribution < 1.29 is 26.7 Å². The molecule has 6 heterocycles. The fraction of sp³-hybridized carbons (Fsp3) is 0.515. The number of hydrogen-bond donors (Lipinski definition) is 2. The quantitative estimate of drug-likeness (QED) is 0.239. The van der Waals surface area contributed by atoms with Crippen LogP contribution in [0, 0.1) is 12.7 Å². The average molecular weight is 661 g/mol. The van der Waals surface area contributed by atoms with E-state index in [1.807, 2.05) is 0 Å². The minimum atomic E-state index is -4.82. The van der Waals surface area contributed by atoms with Crippen molar-refractivity contribution in [3.8, 4) is 17.1 Å². The molecule has 7 nitrogen and oxygen atoms in total. The van der Waals surface area contributed by atoms with Gasteiger partial charge in [-0.1, -0.05) is 18.2 Å². The standard InChI is InChI=1S/C33H34ClF5N6O/c1-15-9-22-21-5-4-19(41-21)13-45(22)30-25-23(15)27(34)24(20-10-18(40)8-16(2)26(20)33(37,38)39)28(36)29(25)42-31(43-30)46-14-32-6-3-7-44(32)12-17(35)11-32/h8,10,17,19,21-22,41H,1,3-7,9,11-14,40H2,2H3/t17-,19-,21?,22-,32+/m1/s1. The summed E-state index contributed by atoms with van der Waals surface area (Å²) in [6.07, 6.45) is -1.46. The van der Waals surface area contributed by atoms with Crippen LogP contribution in [-0.2, 0) is 6.18 Å². The highest BCUT2D eigenvalue weighted by molar-refractivity contribution is 6.37. The van der Waals surface area contributed by atoms with Crippen LogP contribution >= 0.6 is 11.6 Å². The lowest BCUT2D eigenvalue weighted by Crippen LogP contribution is -2.58. The van der Waals surface area contributed by atoms with Crippen LogP contribution in [0.15, 0.2) is 18.7 Å². The molecule has 13 heteroatoms. The molecule has 5 aliphatic heterocycles. The molecule has 5 aliphatic rings. The van der Waals surface area contributed by atoms with Crippen molar-refractivity contribution in [1.82, 2.24) is 20.2 Å². The topological polar surface area (TPSA) is 79.5 Å². The van der Waals surface area contributed by atoms with Gasteiger partial charge < -0.3 is 20.7 Å². The van der Waals surface area contributed by atoms with Crippen LogP contribution < -0.4 is 20.7 Å². The third-order valence-corrected chi connectivity index (χ3v) is 11.1. The van der Waals surface area contributed by atoms with Crippen molar-refractivity contribution in [3.63, 3.8) is 0 Å². The van der Waals surface area contributed by atoms with E-state index in [2.05, 4.69) is 26.7 Å². The van der Waals surface area contributed by atoms with Gasteiger partial charge in [0.05, 0.1) is 21.5 Å². The van der Waals surface area contributed by atoms with Crippen LogP contribution in [-0.4, -0.2) is 70.9 Å². The lowest BCUT2D eigenvalue weighted by atomic mass is 9.89. The largest absolute Gasteiger partial charge is 0.461 e. The van der Waals surface area contributed by atoms with Crippen molar-refractivity contribution in [1.29, 1.82) is 0 Å². The molecule has 0 amide bonds. The zero-order valence-corrected chi connectivity index (χ0v) is 26.0. The number of anilines is 2. The summed E-state index contributed by atoms with van der Waals surface area (Å²) in [5, 5.41) is 3.76. The lowest BCUT2D eigenvalue weighted by Gasteiger charge is -2.41. The lowest BCUT2D eigenvalue weighted by molar-refractivity contribution is -0.137. The fourth-order valence-corrected chi connectivity index (χ4v) is 9.30. The van der Waals surface area contributed by atoms with Crippen LogP contribution in [0.25, 0.3) is 27.6 Å². The van der Waals surface area contributed by atoms with Gasteiger partial charge in [-0.3, -0.25) is 4.90 Å². The van der Waals surface area contributed by atoms with E-state index >= 15 is 4.39 Å². The summed E-state index contributed by atoms with van der Waals surface area (Å²) in [6.45, 7) is 7.41. The molecule has 8 rings (SSSR count). The number of nitrogens with two attached hydrogens (primary N) is 1. The fourth-order valence-electron chi connectivity index (χ4n) is 8.88. The van der Waals surface area contributed by atoms with Gasteiger partial charge in [-0.2, -0.15) is 23.1 Å². The van der Waals surface area contributed by atoms with Crippen molar-refractivity contribution in [2.45, 2.75) is 81.5 Å². The third-order valence-electron chi connectivity index (χ3n) is 10.8. The molecule has 5 atom stereocenters. The predicted molar refractivity (Wildman–Crippen MR) is 167 cm³/mol. The summed E-state index contributed by atoms with van der Waals surface area (Å²) in [6, 6.07) is 2.41. The highest BCUT2D eigenvalue weighted by Gasteiger charge is 2.50. The summed E-state index contributed by atoms with van der Waals surface area (Å²) >= 11 is 6.99. The number of ether oxygens (including phenoxy) is 1. The van der Waals surface area contributed by atoms with Gasteiger partial charge in [-0.05, 0) is 68.8 Å².